The van der Waals surface area contributed by atoms with Crippen LogP contribution in [-0.2, 0) is 21.3 Å². The molecule has 5 nitrogen and oxygen atoms in total. The van der Waals surface area contributed by atoms with Gasteiger partial charge in [0, 0.05) is 19.7 Å². The molecule has 6 heteroatoms. The van der Waals surface area contributed by atoms with E-state index in [0.29, 0.717) is 24.5 Å². The van der Waals surface area contributed by atoms with Gasteiger partial charge >= 0.3 is 0 Å². The topological polar surface area (TPSA) is 67.4 Å². The second kappa shape index (κ2) is 7.59. The van der Waals surface area contributed by atoms with Crippen molar-refractivity contribution in [1.82, 2.24) is 10.0 Å². The lowest BCUT2D eigenvalue weighted by atomic mass is 10.2. The number of nitrogens with one attached hydrogen (secondary N) is 2. The summed E-state index contributed by atoms with van der Waals surface area (Å²) in [6, 6.07) is 6.78. The highest BCUT2D eigenvalue weighted by molar-refractivity contribution is 7.89. The highest BCUT2D eigenvalue weighted by Crippen LogP contribution is 2.16. The Kier molecular flexibility index (Phi) is 6.44. The molecule has 1 unspecified atom stereocenters. The lowest BCUT2D eigenvalue weighted by Gasteiger charge is -2.17. The Morgan fingerprint density at radius 2 is 2.00 bits per heavy atom. The molecule has 0 aromatic heterocycles. The third kappa shape index (κ3) is 4.58. The maximum Gasteiger partial charge on any atom is 0.241 e. The van der Waals surface area contributed by atoms with Crippen LogP contribution in [0.2, 0.25) is 0 Å². The van der Waals surface area contributed by atoms with Gasteiger partial charge in [0.1, 0.15) is 0 Å². The van der Waals surface area contributed by atoms with Crippen LogP contribution in [0.3, 0.4) is 0 Å². The summed E-state index contributed by atoms with van der Waals surface area (Å²) in [6.45, 7) is 2.80. The average molecular weight is 286 g/mol. The van der Waals surface area contributed by atoms with Crippen LogP contribution in [0, 0.1) is 0 Å². The number of benzene rings is 1. The van der Waals surface area contributed by atoms with Gasteiger partial charge in [-0.05, 0) is 25.1 Å². The van der Waals surface area contributed by atoms with E-state index in [2.05, 4.69) is 10.0 Å². The van der Waals surface area contributed by atoms with E-state index in [9.17, 15) is 8.42 Å². The van der Waals surface area contributed by atoms with E-state index in [0.717, 1.165) is 5.56 Å². The fraction of sp³-hybridized carbons (Fsp3) is 0.538. The zero-order valence-electron chi connectivity index (χ0n) is 11.6. The van der Waals surface area contributed by atoms with E-state index in [1.54, 1.807) is 26.3 Å². The first-order valence-corrected chi connectivity index (χ1v) is 7.77. The van der Waals surface area contributed by atoms with Gasteiger partial charge in [-0.15, -0.1) is 0 Å². The molecule has 108 valence electrons. The zero-order chi connectivity index (χ0) is 14.3. The van der Waals surface area contributed by atoms with Gasteiger partial charge in [-0.1, -0.05) is 25.1 Å². The lowest BCUT2D eigenvalue weighted by molar-refractivity contribution is 0.173. The largest absolute Gasteiger partial charge is 0.383 e. The summed E-state index contributed by atoms with van der Waals surface area (Å²) in [5.74, 6) is 0. The van der Waals surface area contributed by atoms with Crippen molar-refractivity contribution < 1.29 is 13.2 Å². The molecule has 1 aromatic carbocycles. The van der Waals surface area contributed by atoms with Crippen LogP contribution >= 0.6 is 0 Å². The van der Waals surface area contributed by atoms with E-state index in [1.807, 2.05) is 19.1 Å². The van der Waals surface area contributed by atoms with Crippen molar-refractivity contribution in [3.05, 3.63) is 29.8 Å². The van der Waals surface area contributed by atoms with E-state index >= 15 is 0 Å². The summed E-state index contributed by atoms with van der Waals surface area (Å²) in [5.41, 5.74) is 0.754. The van der Waals surface area contributed by atoms with Gasteiger partial charge in [0.15, 0.2) is 0 Å². The highest BCUT2D eigenvalue weighted by Gasteiger charge is 2.21. The summed E-state index contributed by atoms with van der Waals surface area (Å²) in [7, 11) is -0.167. The van der Waals surface area contributed by atoms with Crippen LogP contribution in [-0.4, -0.2) is 35.2 Å². The van der Waals surface area contributed by atoms with Crippen molar-refractivity contribution in [2.24, 2.45) is 0 Å². The molecule has 2 N–H and O–H groups in total. The van der Waals surface area contributed by atoms with Crippen molar-refractivity contribution >= 4 is 10.0 Å². The average Bonchev–Trinajstić information content (AvgIpc) is 2.39. The Balaban J connectivity index is 2.99. The first kappa shape index (κ1) is 16.1. The summed E-state index contributed by atoms with van der Waals surface area (Å²) in [5, 5.41) is 2.97. The summed E-state index contributed by atoms with van der Waals surface area (Å²) < 4.78 is 32.4. The standard InChI is InChI=1S/C13H22N2O3S/c1-4-12(10-18-3)15-19(16,17)13-8-6-5-7-11(13)9-14-2/h5-8,12,14-15H,4,9-10H2,1-3H3. The normalized spacial score (nSPS) is 13.4. The Labute approximate surface area is 115 Å². The number of hydrogen-bond donors (Lipinski definition) is 2. The Morgan fingerprint density at radius 1 is 1.32 bits per heavy atom. The van der Waals surface area contributed by atoms with E-state index in [1.165, 1.54) is 0 Å². The predicted molar refractivity (Wildman–Crippen MR) is 75.5 cm³/mol. The van der Waals surface area contributed by atoms with Crippen molar-refractivity contribution in [1.29, 1.82) is 0 Å². The second-order valence-corrected chi connectivity index (χ2v) is 6.00. The van der Waals surface area contributed by atoms with Gasteiger partial charge in [-0.25, -0.2) is 13.1 Å². The fourth-order valence-corrected chi connectivity index (χ4v) is 3.37. The van der Waals surface area contributed by atoms with Crippen LogP contribution < -0.4 is 10.0 Å². The minimum atomic E-state index is -3.52. The molecule has 0 heterocycles. The quantitative estimate of drug-likeness (QED) is 0.751. The molecule has 0 bridgehead atoms. The molecule has 0 radical (unpaired) electrons. The number of ether oxygens (including phenoxy) is 1. The SMILES string of the molecule is CCC(COC)NS(=O)(=O)c1ccccc1CNC. The van der Waals surface area contributed by atoms with E-state index in [4.69, 9.17) is 4.74 Å². The van der Waals surface area contributed by atoms with Gasteiger partial charge in [0.25, 0.3) is 0 Å². The highest BCUT2D eigenvalue weighted by atomic mass is 32.2. The molecule has 0 fully saturated rings. The predicted octanol–water partition coefficient (Wildman–Crippen LogP) is 1.11. The molecule has 19 heavy (non-hydrogen) atoms. The van der Waals surface area contributed by atoms with Crippen LogP contribution in [0.5, 0.6) is 0 Å². The number of methoxy groups -OCH3 is 1. The second-order valence-electron chi connectivity index (χ2n) is 4.32. The number of hydrogen-bond acceptors (Lipinski definition) is 4. The third-order valence-corrected chi connectivity index (χ3v) is 4.43. The summed E-state index contributed by atoms with van der Waals surface area (Å²) in [6.07, 6.45) is 0.682. The summed E-state index contributed by atoms with van der Waals surface area (Å²) in [4.78, 5) is 0.318. The molecule has 1 rings (SSSR count). The van der Waals surface area contributed by atoms with E-state index < -0.39 is 10.0 Å². The van der Waals surface area contributed by atoms with Crippen molar-refractivity contribution in [2.75, 3.05) is 20.8 Å². The molecular weight excluding hydrogens is 264 g/mol. The van der Waals surface area contributed by atoms with Gasteiger partial charge in [-0.3, -0.25) is 0 Å². The van der Waals surface area contributed by atoms with Crippen LogP contribution in [0.15, 0.2) is 29.2 Å². The molecule has 1 atom stereocenters. The van der Waals surface area contributed by atoms with Gasteiger partial charge in [0.05, 0.1) is 11.5 Å². The maximum atomic E-state index is 12.4. The molecular formula is C13H22N2O3S. The zero-order valence-corrected chi connectivity index (χ0v) is 12.5. The smallest absolute Gasteiger partial charge is 0.241 e. The van der Waals surface area contributed by atoms with Crippen LogP contribution in [0.1, 0.15) is 18.9 Å². The van der Waals surface area contributed by atoms with Gasteiger partial charge in [-0.2, -0.15) is 0 Å². The number of sulfonamides is 1. The molecule has 0 aliphatic heterocycles. The van der Waals surface area contributed by atoms with Crippen molar-refractivity contribution in [3.63, 3.8) is 0 Å². The minimum Gasteiger partial charge on any atom is -0.383 e. The molecule has 0 saturated carbocycles. The summed E-state index contributed by atoms with van der Waals surface area (Å²) >= 11 is 0. The van der Waals surface area contributed by atoms with Crippen LogP contribution in [0.25, 0.3) is 0 Å². The van der Waals surface area contributed by atoms with Gasteiger partial charge in [0.2, 0.25) is 10.0 Å². The molecule has 0 amide bonds. The maximum absolute atomic E-state index is 12.4. The molecule has 0 saturated heterocycles. The Morgan fingerprint density at radius 3 is 2.58 bits per heavy atom. The molecule has 0 spiro atoms. The van der Waals surface area contributed by atoms with Crippen molar-refractivity contribution in [3.8, 4) is 0 Å². The van der Waals surface area contributed by atoms with Gasteiger partial charge < -0.3 is 10.1 Å². The first-order chi connectivity index (χ1) is 9.05. The monoisotopic (exact) mass is 286 g/mol. The molecule has 1 aromatic rings. The Bertz CT molecular complexity index is 488. The van der Waals surface area contributed by atoms with E-state index in [-0.39, 0.29) is 6.04 Å². The van der Waals surface area contributed by atoms with Crippen LogP contribution in [0.4, 0.5) is 0 Å². The van der Waals surface area contributed by atoms with Crippen molar-refractivity contribution in [2.45, 2.75) is 30.8 Å². The molecule has 0 aliphatic carbocycles. The Hall–Kier alpha value is -0.950. The first-order valence-electron chi connectivity index (χ1n) is 6.29. The lowest BCUT2D eigenvalue weighted by Crippen LogP contribution is -2.38. The minimum absolute atomic E-state index is 0.211. The number of rotatable bonds is 8. The fourth-order valence-electron chi connectivity index (χ4n) is 1.82. The third-order valence-electron chi connectivity index (χ3n) is 2.81. The molecule has 0 aliphatic rings.